The zero-order valence-electron chi connectivity index (χ0n) is 15.5. The molecule has 0 aromatic carbocycles. The highest BCUT2D eigenvalue weighted by atomic mass is 16.5. The molecule has 24 heavy (non-hydrogen) atoms. The first kappa shape index (κ1) is 19.0. The largest absolute Gasteiger partial charge is 0.383 e. The lowest BCUT2D eigenvalue weighted by atomic mass is 10.0. The van der Waals surface area contributed by atoms with E-state index in [-0.39, 0.29) is 0 Å². The molecule has 2 rings (SSSR count). The van der Waals surface area contributed by atoms with E-state index in [4.69, 9.17) is 10.5 Å². The molecule has 0 radical (unpaired) electrons. The second-order valence-electron chi connectivity index (χ2n) is 6.80. The number of nitrogens with zero attached hydrogens (tertiary/aromatic N) is 3. The van der Waals surface area contributed by atoms with E-state index in [0.717, 1.165) is 49.9 Å². The van der Waals surface area contributed by atoms with E-state index < -0.39 is 0 Å². The molecule has 1 fully saturated rings. The number of aromatic nitrogens is 2. The second-order valence-corrected chi connectivity index (χ2v) is 6.80. The second kappa shape index (κ2) is 10.5. The van der Waals surface area contributed by atoms with Crippen LogP contribution in [0.4, 0.5) is 11.8 Å². The number of nitrogens with two attached hydrogens (primary N) is 1. The van der Waals surface area contributed by atoms with Crippen LogP contribution in [0.15, 0.2) is 0 Å². The highest BCUT2D eigenvalue weighted by Crippen LogP contribution is 2.21. The molecular formula is C19H34N4O. The van der Waals surface area contributed by atoms with E-state index >= 15 is 0 Å². The number of hydrogen-bond acceptors (Lipinski definition) is 5. The molecule has 1 aromatic heterocycles. The van der Waals surface area contributed by atoms with Crippen LogP contribution in [0, 0.1) is 6.92 Å². The minimum absolute atomic E-state index is 0.659. The van der Waals surface area contributed by atoms with Gasteiger partial charge in [0.15, 0.2) is 0 Å². The average Bonchev–Trinajstić information content (AvgIpc) is 2.60. The molecule has 1 aliphatic rings. The molecule has 0 bridgehead atoms. The third kappa shape index (κ3) is 5.93. The molecule has 1 saturated heterocycles. The first-order chi connectivity index (χ1) is 11.7. The maximum atomic E-state index is 6.22. The molecule has 0 spiro atoms. The molecular weight excluding hydrogens is 300 g/mol. The number of ether oxygens (including phenoxy) is 1. The van der Waals surface area contributed by atoms with Gasteiger partial charge in [0.25, 0.3) is 0 Å². The summed E-state index contributed by atoms with van der Waals surface area (Å²) in [4.78, 5) is 11.4. The monoisotopic (exact) mass is 334 g/mol. The fraction of sp³-hybridized carbons (Fsp3) is 0.789. The zero-order chi connectivity index (χ0) is 17.2. The van der Waals surface area contributed by atoms with Gasteiger partial charge in [0.2, 0.25) is 5.95 Å². The van der Waals surface area contributed by atoms with E-state index in [1.165, 1.54) is 51.4 Å². The van der Waals surface area contributed by atoms with E-state index in [2.05, 4.69) is 28.7 Å². The summed E-state index contributed by atoms with van der Waals surface area (Å²) in [6, 6.07) is 0. The smallest absolute Gasteiger partial charge is 0.227 e. The number of unbranched alkanes of at least 4 members (excludes halogenated alkanes) is 7. The summed E-state index contributed by atoms with van der Waals surface area (Å²) in [6.45, 7) is 7.48. The maximum absolute atomic E-state index is 6.22. The SMILES string of the molecule is CCCCCCCCCCc1c(C)nc(N2CCOCC2)nc1N. The molecule has 0 amide bonds. The van der Waals surface area contributed by atoms with Crippen LogP contribution in [0.25, 0.3) is 0 Å². The Hall–Kier alpha value is -1.36. The van der Waals surface area contributed by atoms with Gasteiger partial charge in [0, 0.05) is 24.3 Å². The quantitative estimate of drug-likeness (QED) is 0.658. The maximum Gasteiger partial charge on any atom is 0.227 e. The summed E-state index contributed by atoms with van der Waals surface area (Å²) in [5.74, 6) is 1.42. The van der Waals surface area contributed by atoms with E-state index in [0.29, 0.717) is 5.82 Å². The van der Waals surface area contributed by atoms with Crippen molar-refractivity contribution in [3.63, 3.8) is 0 Å². The fourth-order valence-corrected chi connectivity index (χ4v) is 3.25. The molecule has 0 aliphatic carbocycles. The number of hydrogen-bond donors (Lipinski definition) is 1. The molecule has 1 aliphatic heterocycles. The summed E-state index contributed by atoms with van der Waals surface area (Å²) >= 11 is 0. The van der Waals surface area contributed by atoms with Crippen LogP contribution >= 0.6 is 0 Å². The van der Waals surface area contributed by atoms with Crippen LogP contribution in [0.3, 0.4) is 0 Å². The molecule has 5 heteroatoms. The standard InChI is InChI=1S/C19H34N4O/c1-3-4-5-6-7-8-9-10-11-17-16(2)21-19(22-18(17)20)23-12-14-24-15-13-23/h3-15H2,1-2H3,(H2,20,21,22). The van der Waals surface area contributed by atoms with Gasteiger partial charge in [0.1, 0.15) is 5.82 Å². The summed E-state index contributed by atoms with van der Waals surface area (Å²) in [7, 11) is 0. The number of anilines is 2. The lowest BCUT2D eigenvalue weighted by Crippen LogP contribution is -2.37. The first-order valence-corrected chi connectivity index (χ1v) is 9.68. The molecule has 0 unspecified atom stereocenters. The van der Waals surface area contributed by atoms with Gasteiger partial charge < -0.3 is 15.4 Å². The Morgan fingerprint density at radius 1 is 0.958 bits per heavy atom. The lowest BCUT2D eigenvalue weighted by molar-refractivity contribution is 0.122. The van der Waals surface area contributed by atoms with Crippen LogP contribution in [-0.2, 0) is 11.2 Å². The molecule has 2 heterocycles. The van der Waals surface area contributed by atoms with Crippen molar-refractivity contribution in [2.75, 3.05) is 36.9 Å². The van der Waals surface area contributed by atoms with Crippen molar-refractivity contribution in [3.05, 3.63) is 11.3 Å². The summed E-state index contributed by atoms with van der Waals surface area (Å²) < 4.78 is 5.38. The van der Waals surface area contributed by atoms with Crippen LogP contribution < -0.4 is 10.6 Å². The Bertz CT molecular complexity index is 463. The zero-order valence-corrected chi connectivity index (χ0v) is 15.5. The Balaban J connectivity index is 1.76. The van der Waals surface area contributed by atoms with Crippen LogP contribution in [0.2, 0.25) is 0 Å². The van der Waals surface area contributed by atoms with Gasteiger partial charge in [-0.3, -0.25) is 0 Å². The van der Waals surface area contributed by atoms with Crippen LogP contribution in [0.5, 0.6) is 0 Å². The number of nitrogen functional groups attached to an aromatic ring is 1. The topological polar surface area (TPSA) is 64.3 Å². The van der Waals surface area contributed by atoms with Crippen molar-refractivity contribution in [2.45, 2.75) is 71.6 Å². The molecule has 2 N–H and O–H groups in total. The van der Waals surface area contributed by atoms with Crippen molar-refractivity contribution in [2.24, 2.45) is 0 Å². The van der Waals surface area contributed by atoms with Crippen LogP contribution in [-0.4, -0.2) is 36.3 Å². The molecule has 0 atom stereocenters. The van der Waals surface area contributed by atoms with Crippen molar-refractivity contribution in [1.29, 1.82) is 0 Å². The van der Waals surface area contributed by atoms with Crippen LogP contribution in [0.1, 0.15) is 69.5 Å². The Morgan fingerprint density at radius 2 is 1.58 bits per heavy atom. The average molecular weight is 335 g/mol. The number of rotatable bonds is 10. The first-order valence-electron chi connectivity index (χ1n) is 9.68. The van der Waals surface area contributed by atoms with E-state index in [1.807, 2.05) is 0 Å². The molecule has 0 saturated carbocycles. The highest BCUT2D eigenvalue weighted by Gasteiger charge is 2.16. The summed E-state index contributed by atoms with van der Waals surface area (Å²) in [5.41, 5.74) is 8.39. The highest BCUT2D eigenvalue weighted by molar-refractivity contribution is 5.48. The van der Waals surface area contributed by atoms with Crippen molar-refractivity contribution in [1.82, 2.24) is 9.97 Å². The number of aryl methyl sites for hydroxylation is 1. The molecule has 5 nitrogen and oxygen atoms in total. The van der Waals surface area contributed by atoms with Gasteiger partial charge in [-0.25, -0.2) is 4.98 Å². The fourth-order valence-electron chi connectivity index (χ4n) is 3.25. The summed E-state index contributed by atoms with van der Waals surface area (Å²) in [5, 5.41) is 0. The predicted molar refractivity (Wildman–Crippen MR) is 101 cm³/mol. The van der Waals surface area contributed by atoms with Gasteiger partial charge in [-0.1, -0.05) is 51.9 Å². The minimum Gasteiger partial charge on any atom is -0.383 e. The van der Waals surface area contributed by atoms with Crippen molar-refractivity contribution >= 4 is 11.8 Å². The third-order valence-electron chi connectivity index (χ3n) is 4.81. The van der Waals surface area contributed by atoms with E-state index in [9.17, 15) is 0 Å². The van der Waals surface area contributed by atoms with Gasteiger partial charge in [-0.2, -0.15) is 4.98 Å². The van der Waals surface area contributed by atoms with Gasteiger partial charge in [-0.15, -0.1) is 0 Å². The Labute approximate surface area is 147 Å². The predicted octanol–water partition coefficient (Wildman–Crippen LogP) is 3.89. The van der Waals surface area contributed by atoms with Crippen molar-refractivity contribution < 1.29 is 4.74 Å². The minimum atomic E-state index is 0.659. The van der Waals surface area contributed by atoms with Gasteiger partial charge in [0.05, 0.1) is 13.2 Å². The van der Waals surface area contributed by atoms with Crippen molar-refractivity contribution in [3.8, 4) is 0 Å². The molecule has 1 aromatic rings. The third-order valence-corrected chi connectivity index (χ3v) is 4.81. The summed E-state index contributed by atoms with van der Waals surface area (Å²) in [6.07, 6.45) is 11.6. The normalized spacial score (nSPS) is 15.0. The van der Waals surface area contributed by atoms with Gasteiger partial charge >= 0.3 is 0 Å². The molecule has 136 valence electrons. The van der Waals surface area contributed by atoms with Gasteiger partial charge in [-0.05, 0) is 19.8 Å². The Morgan fingerprint density at radius 3 is 2.21 bits per heavy atom. The van der Waals surface area contributed by atoms with E-state index in [1.54, 1.807) is 0 Å². The lowest BCUT2D eigenvalue weighted by Gasteiger charge is -2.27. The number of morpholine rings is 1. The Kier molecular flexibility index (Phi) is 8.29.